The summed E-state index contributed by atoms with van der Waals surface area (Å²) in [5.74, 6) is 0. The number of hydrogen-bond donors (Lipinski definition) is 5. The number of nitrogens with zero attached hydrogens (tertiary/aromatic N) is 8. The molecule has 4 aliphatic rings. The van der Waals surface area contributed by atoms with Gasteiger partial charge in [0.05, 0.1) is 77.3 Å². The second-order valence-electron chi connectivity index (χ2n) is 26.6. The summed E-state index contributed by atoms with van der Waals surface area (Å²) in [5.41, 5.74) is -4.65. The summed E-state index contributed by atoms with van der Waals surface area (Å²) < 4.78 is 102. The Balaban J connectivity index is 1.10. The van der Waals surface area contributed by atoms with Crippen molar-refractivity contribution in [2.75, 3.05) is 135 Å². The van der Waals surface area contributed by atoms with Crippen LogP contribution in [-0.2, 0) is 116 Å². The molecule has 0 radical (unpaired) electrons. The molecule has 0 saturated carbocycles. The maximum absolute atomic E-state index is 13.7. The first-order valence-electron chi connectivity index (χ1n) is 33.8. The second-order valence-corrected chi connectivity index (χ2v) is 37.6. The van der Waals surface area contributed by atoms with Crippen LogP contribution in [0.4, 0.5) is 0 Å². The molecule has 4 aromatic heterocycles. The van der Waals surface area contributed by atoms with E-state index in [1.165, 1.54) is 63.8 Å². The van der Waals surface area contributed by atoms with E-state index >= 15 is 0 Å². The first kappa shape index (κ1) is 86.1. The topological polar surface area (TPSA) is 391 Å². The molecule has 104 heavy (non-hydrogen) atoms. The number of rotatable bonds is 42. The predicted molar refractivity (Wildman–Crippen MR) is 398 cm³/mol. The zero-order valence-corrected chi connectivity index (χ0v) is 67.2. The third-order valence-electron chi connectivity index (χ3n) is 16.9. The number of aromatic amines is 4. The van der Waals surface area contributed by atoms with Crippen molar-refractivity contribution in [1.82, 2.24) is 57.8 Å². The van der Waals surface area contributed by atoms with Gasteiger partial charge < -0.3 is 93.4 Å². The van der Waals surface area contributed by atoms with Crippen LogP contribution in [0.3, 0.4) is 0 Å². The molecule has 5 N–H and O–H groups in total. The summed E-state index contributed by atoms with van der Waals surface area (Å²) >= 11 is 24.5. The Bertz CT molecular complexity index is 4210. The Hall–Kier alpha value is -3.48. The van der Waals surface area contributed by atoms with E-state index in [-0.39, 0.29) is 74.4 Å². The molecule has 4 aromatic rings. The highest BCUT2D eigenvalue weighted by Gasteiger charge is 2.48. The van der Waals surface area contributed by atoms with Crippen LogP contribution < -0.4 is 45.0 Å². The number of hydrogen-bond acceptors (Lipinski definition) is 32. The number of aliphatic hydroxyl groups excluding tert-OH is 1. The number of aryl methyl sites for hydroxylation is 4. The van der Waals surface area contributed by atoms with E-state index in [9.17, 15) is 43.5 Å². The van der Waals surface area contributed by atoms with Gasteiger partial charge in [-0.25, -0.2) is 19.2 Å². The highest BCUT2D eigenvalue weighted by Crippen LogP contribution is 2.58. The maximum Gasteiger partial charge on any atom is 0.330 e. The Morgan fingerprint density at radius 3 is 1.00 bits per heavy atom. The highest BCUT2D eigenvalue weighted by atomic mass is 32.5. The lowest BCUT2D eigenvalue weighted by atomic mass is 10.2. The van der Waals surface area contributed by atoms with Gasteiger partial charge >= 0.3 is 42.9 Å². The molecular formula is C60H98N12O24P4S4. The zero-order valence-electron chi connectivity index (χ0n) is 60.3. The molecule has 0 aromatic carbocycles. The molecule has 36 nitrogen and oxygen atoms in total. The van der Waals surface area contributed by atoms with Crippen molar-refractivity contribution < 1.29 is 73.8 Å². The number of H-pyrrole nitrogens is 4. The first-order valence-corrected chi connectivity index (χ1v) is 43.9. The lowest BCUT2D eigenvalue weighted by Crippen LogP contribution is -2.33. The fourth-order valence-electron chi connectivity index (χ4n) is 11.3. The average molecular weight is 1620 g/mol. The van der Waals surface area contributed by atoms with E-state index in [0.29, 0.717) is 51.9 Å². The maximum atomic E-state index is 13.7. The summed E-state index contributed by atoms with van der Waals surface area (Å²) in [6.07, 6.45) is -6.19. The lowest BCUT2D eigenvalue weighted by molar-refractivity contribution is -0.0594. The minimum atomic E-state index is -4.14. The van der Waals surface area contributed by atoms with Crippen LogP contribution in [0.2, 0.25) is 0 Å². The van der Waals surface area contributed by atoms with Crippen molar-refractivity contribution in [3.63, 3.8) is 0 Å². The minimum Gasteiger partial charge on any atom is -0.390 e. The molecule has 16 atom stereocenters. The van der Waals surface area contributed by atoms with Crippen molar-refractivity contribution in [2.45, 2.75) is 153 Å². The molecular weight excluding hydrogens is 1520 g/mol. The van der Waals surface area contributed by atoms with Gasteiger partial charge in [0.1, 0.15) is 49.3 Å². The number of aromatic nitrogens is 8. The Labute approximate surface area is 621 Å². The van der Waals surface area contributed by atoms with Gasteiger partial charge in [0.15, 0.2) is 7.15 Å². The molecule has 8 heterocycles. The lowest BCUT2D eigenvalue weighted by Gasteiger charge is -2.31. The summed E-state index contributed by atoms with van der Waals surface area (Å²) in [6.45, 7) is -4.69. The molecule has 0 spiro atoms. The van der Waals surface area contributed by atoms with E-state index in [2.05, 4.69) is 19.9 Å². The minimum absolute atomic E-state index is 0.0136. The van der Waals surface area contributed by atoms with Crippen molar-refractivity contribution >= 4 is 74.5 Å². The fraction of sp³-hybridized carbons (Fsp3) is 0.733. The number of ether oxygens (including phenoxy) is 4. The van der Waals surface area contributed by atoms with E-state index in [0.717, 1.165) is 6.54 Å². The fourth-order valence-corrected chi connectivity index (χ4v) is 19.0. The molecule has 0 bridgehead atoms. The summed E-state index contributed by atoms with van der Waals surface area (Å²) in [6, 6.07) is 0. The largest absolute Gasteiger partial charge is 0.390 e. The monoisotopic (exact) mass is 1620 g/mol. The molecule has 4 aliphatic heterocycles. The number of nitrogens with one attached hydrogen (secondary N) is 4. The van der Waals surface area contributed by atoms with Gasteiger partial charge in [-0.05, 0) is 183 Å². The van der Waals surface area contributed by atoms with Gasteiger partial charge in [-0.3, -0.25) is 57.4 Å². The van der Waals surface area contributed by atoms with Crippen LogP contribution in [0.1, 0.15) is 98.5 Å². The first-order chi connectivity index (χ1) is 49.1. The third-order valence-corrected chi connectivity index (χ3v) is 25.6. The van der Waals surface area contributed by atoms with Crippen LogP contribution >= 0.6 is 27.3 Å². The van der Waals surface area contributed by atoms with E-state index in [4.69, 9.17) is 116 Å². The van der Waals surface area contributed by atoms with Gasteiger partial charge in [-0.2, -0.15) is 0 Å². The molecule has 4 unspecified atom stereocenters. The van der Waals surface area contributed by atoms with Crippen LogP contribution in [0.15, 0.2) is 63.1 Å². The van der Waals surface area contributed by atoms with Gasteiger partial charge in [-0.15, -0.1) is 0 Å². The smallest absolute Gasteiger partial charge is 0.330 e. The van der Waals surface area contributed by atoms with Gasteiger partial charge in [0.2, 0.25) is 0 Å². The molecule has 4 fully saturated rings. The van der Waals surface area contributed by atoms with Gasteiger partial charge in [0, 0.05) is 72.7 Å². The summed E-state index contributed by atoms with van der Waals surface area (Å²) in [4.78, 5) is 121. The van der Waals surface area contributed by atoms with E-state index in [1.807, 2.05) is 76.0 Å². The molecule has 8 rings (SSSR count). The summed E-state index contributed by atoms with van der Waals surface area (Å²) in [7, 11) is 12.9. The SMILES string of the molecule is Cc1cn([C@H]2C[C@@H](O)[C@@H](COP(=S)(OCCCN(C)C)O[C@@H]3C[C@H](n4cc(C)c(=O)[nH]c4=O)O[C@@H]3COP(=S)(OCCCN(C)C)O[C@@H]3C[C@H](n4cc(C)c(=O)[nH]c4=O)O[C@@H]3COP(=S)(OCCCN(C)C)O[C@@H]3C[C@H](n4cc(C)c(=O)[nH]c4=O)O[C@@H]3CO[PH](=S)OCCCN(C)C)O2)c(=O)[nH]c1=O. The molecule has 586 valence electrons. The Morgan fingerprint density at radius 2 is 0.692 bits per heavy atom. The molecule has 4 saturated heterocycles. The molecule has 0 amide bonds. The Kier molecular flexibility index (Phi) is 32.6. The van der Waals surface area contributed by atoms with E-state index in [1.54, 1.807) is 6.92 Å². The molecule has 44 heteroatoms. The average Bonchev–Trinajstić information content (AvgIpc) is 1.66. The van der Waals surface area contributed by atoms with Crippen molar-refractivity contribution in [3.05, 3.63) is 130 Å². The van der Waals surface area contributed by atoms with Crippen LogP contribution in [-0.4, -0.2) is 247 Å². The van der Waals surface area contributed by atoms with Crippen LogP contribution in [0.5, 0.6) is 0 Å². The number of aliphatic hydroxyl groups is 1. The van der Waals surface area contributed by atoms with E-state index < -0.39 is 166 Å². The highest BCUT2D eigenvalue weighted by molar-refractivity contribution is 8.08. The summed E-state index contributed by atoms with van der Waals surface area (Å²) in [5, 5.41) is 11.3. The van der Waals surface area contributed by atoms with Crippen molar-refractivity contribution in [1.29, 1.82) is 0 Å². The van der Waals surface area contributed by atoms with Crippen molar-refractivity contribution in [2.24, 2.45) is 0 Å². The Morgan fingerprint density at radius 1 is 0.423 bits per heavy atom. The zero-order chi connectivity index (χ0) is 76.0. The third kappa shape index (κ3) is 25.0. The van der Waals surface area contributed by atoms with Gasteiger partial charge in [0.25, 0.3) is 22.2 Å². The second kappa shape index (κ2) is 39.4. The van der Waals surface area contributed by atoms with Gasteiger partial charge in [-0.1, -0.05) is 0 Å². The van der Waals surface area contributed by atoms with Crippen LogP contribution in [0.25, 0.3) is 0 Å². The van der Waals surface area contributed by atoms with Crippen LogP contribution in [0, 0.1) is 27.7 Å². The standard InChI is InChI=1S/C60H98N12O24P4S4/c1-37-29-69(57(78)61-53(37)74)49-25-41(73)45(90-49)34-87-98(102,84-22-14-18-66(7)8)95-43-27-51(71-31-39(3)55(76)63-59(71)80)92-47(43)36-89-100(104,86-24-16-20-68(11)12)96-44-28-52(72-32-40(4)56(77)64-60(72)81)93-48(44)35-88-99(103,85-23-15-19-67(9)10)94-42-26-50(70-30-38(2)54(75)62-58(70)79)91-46(42)33-83-97(101)82-21-13-17-65(5)6/h29-32,41-52,73,97H,13-28,33-36H2,1-12H3,(H,61,74,78)(H,62,75,79)(H,63,76,80)(H,64,77,81)/t41-,42-,43-,44-,45-,46-,47-,48-,49-,50-,51-,52-,98?,99?,100?/m1/s1. The predicted octanol–water partition coefficient (Wildman–Crippen LogP) is 2.21. The van der Waals surface area contributed by atoms with Crippen molar-refractivity contribution in [3.8, 4) is 0 Å². The quantitative estimate of drug-likeness (QED) is 0.0313. The normalized spacial score (nSPS) is 25.7. The molecule has 0 aliphatic carbocycles.